The van der Waals surface area contributed by atoms with Crippen LogP contribution in [0.1, 0.15) is 17.5 Å². The fraction of sp³-hybridized carbons (Fsp3) is 0.250. The molecule has 2 nitrogen and oxygen atoms in total. The van der Waals surface area contributed by atoms with Gasteiger partial charge in [0, 0.05) is 21.0 Å². The third-order valence-corrected chi connectivity index (χ3v) is 4.59. The molecule has 0 heterocycles. The molecule has 0 saturated heterocycles. The molecule has 3 heteroatoms. The summed E-state index contributed by atoms with van der Waals surface area (Å²) in [4.78, 5) is 0. The van der Waals surface area contributed by atoms with E-state index in [4.69, 9.17) is 5.73 Å². The summed E-state index contributed by atoms with van der Waals surface area (Å²) >= 11 is 2.34. The minimum Gasteiger partial charge on any atom is -0.399 e. The van der Waals surface area contributed by atoms with Gasteiger partial charge in [0.05, 0.1) is 0 Å². The molecule has 3 N–H and O–H groups in total. The lowest BCUT2D eigenvalue weighted by Crippen LogP contribution is -2.27. The van der Waals surface area contributed by atoms with E-state index in [1.165, 1.54) is 33.2 Å². The van der Waals surface area contributed by atoms with Gasteiger partial charge in [0.1, 0.15) is 0 Å². The summed E-state index contributed by atoms with van der Waals surface area (Å²) in [6.07, 6.45) is 3.47. The highest BCUT2D eigenvalue weighted by molar-refractivity contribution is 14.1. The van der Waals surface area contributed by atoms with Crippen molar-refractivity contribution in [1.29, 1.82) is 0 Å². The second-order valence-electron chi connectivity index (χ2n) is 5.09. The molecule has 1 unspecified atom stereocenters. The Morgan fingerprint density at radius 2 is 1.89 bits per heavy atom. The minimum atomic E-state index is 0.520. The fourth-order valence-electron chi connectivity index (χ4n) is 2.69. The van der Waals surface area contributed by atoms with E-state index in [-0.39, 0.29) is 0 Å². The molecule has 2 aromatic rings. The van der Waals surface area contributed by atoms with Gasteiger partial charge in [0.25, 0.3) is 0 Å². The van der Waals surface area contributed by atoms with Crippen molar-refractivity contribution >= 4 is 34.0 Å². The Hall–Kier alpha value is -1.23. The molecule has 0 spiro atoms. The van der Waals surface area contributed by atoms with E-state index >= 15 is 0 Å². The SMILES string of the molecule is Nc1ccc(NC2CCc3ccccc3C2)c(I)c1. The molecule has 0 amide bonds. The average molecular weight is 364 g/mol. The first-order valence-corrected chi connectivity index (χ1v) is 7.68. The van der Waals surface area contributed by atoms with E-state index < -0.39 is 0 Å². The van der Waals surface area contributed by atoms with Gasteiger partial charge in [0.15, 0.2) is 0 Å². The van der Waals surface area contributed by atoms with Gasteiger partial charge in [-0.3, -0.25) is 0 Å². The van der Waals surface area contributed by atoms with Gasteiger partial charge < -0.3 is 11.1 Å². The maximum Gasteiger partial charge on any atom is 0.0479 e. The topological polar surface area (TPSA) is 38.0 Å². The molecular weight excluding hydrogens is 347 g/mol. The average Bonchev–Trinajstić information content (AvgIpc) is 2.42. The van der Waals surface area contributed by atoms with Gasteiger partial charge in [0.2, 0.25) is 0 Å². The summed E-state index contributed by atoms with van der Waals surface area (Å²) in [6.45, 7) is 0. The van der Waals surface area contributed by atoms with E-state index in [0.29, 0.717) is 6.04 Å². The molecule has 0 aromatic heterocycles. The maximum absolute atomic E-state index is 5.79. The van der Waals surface area contributed by atoms with Gasteiger partial charge in [-0.2, -0.15) is 0 Å². The molecule has 2 aromatic carbocycles. The molecule has 0 fully saturated rings. The van der Waals surface area contributed by atoms with Crippen LogP contribution < -0.4 is 11.1 Å². The molecular formula is C16H17IN2. The zero-order valence-electron chi connectivity index (χ0n) is 10.7. The van der Waals surface area contributed by atoms with E-state index in [2.05, 4.69) is 58.2 Å². The van der Waals surface area contributed by atoms with Gasteiger partial charge in [-0.1, -0.05) is 24.3 Å². The van der Waals surface area contributed by atoms with Crippen LogP contribution in [0.2, 0.25) is 0 Å². The zero-order valence-corrected chi connectivity index (χ0v) is 12.9. The monoisotopic (exact) mass is 364 g/mol. The molecule has 19 heavy (non-hydrogen) atoms. The van der Waals surface area contributed by atoms with Crippen molar-refractivity contribution < 1.29 is 0 Å². The highest BCUT2D eigenvalue weighted by Gasteiger charge is 2.18. The molecule has 3 rings (SSSR count). The largest absolute Gasteiger partial charge is 0.399 e. The first-order valence-electron chi connectivity index (χ1n) is 6.61. The number of hydrogen-bond acceptors (Lipinski definition) is 2. The Morgan fingerprint density at radius 1 is 1.11 bits per heavy atom. The van der Waals surface area contributed by atoms with Crippen molar-refractivity contribution in [3.8, 4) is 0 Å². The number of nitrogen functional groups attached to an aromatic ring is 1. The predicted octanol–water partition coefficient (Wildman–Crippen LogP) is 3.84. The quantitative estimate of drug-likeness (QED) is 0.628. The second-order valence-corrected chi connectivity index (χ2v) is 6.25. The molecule has 0 radical (unpaired) electrons. The Bertz CT molecular complexity index is 595. The van der Waals surface area contributed by atoms with Crippen molar-refractivity contribution in [2.24, 2.45) is 0 Å². The second kappa shape index (κ2) is 5.41. The van der Waals surface area contributed by atoms with Crippen LogP contribution >= 0.6 is 22.6 Å². The summed E-state index contributed by atoms with van der Waals surface area (Å²) in [5, 5.41) is 3.65. The van der Waals surface area contributed by atoms with Crippen LogP contribution in [-0.4, -0.2) is 6.04 Å². The Morgan fingerprint density at radius 3 is 2.68 bits per heavy atom. The number of nitrogens with two attached hydrogens (primary N) is 1. The van der Waals surface area contributed by atoms with Crippen LogP contribution in [0.5, 0.6) is 0 Å². The Balaban J connectivity index is 1.75. The van der Waals surface area contributed by atoms with Crippen LogP contribution in [0.4, 0.5) is 11.4 Å². The summed E-state index contributed by atoms with van der Waals surface area (Å²) in [5.41, 5.74) is 10.8. The fourth-order valence-corrected chi connectivity index (χ4v) is 3.38. The molecule has 0 bridgehead atoms. The summed E-state index contributed by atoms with van der Waals surface area (Å²) in [6, 6.07) is 15.3. The number of rotatable bonds is 2. The molecule has 1 atom stereocenters. The first kappa shape index (κ1) is 12.8. The van der Waals surface area contributed by atoms with Gasteiger partial charge >= 0.3 is 0 Å². The van der Waals surface area contributed by atoms with E-state index in [0.717, 1.165) is 12.1 Å². The summed E-state index contributed by atoms with van der Waals surface area (Å²) < 4.78 is 1.19. The first-order chi connectivity index (χ1) is 9.22. The van der Waals surface area contributed by atoms with Gasteiger partial charge in [-0.15, -0.1) is 0 Å². The van der Waals surface area contributed by atoms with Crippen molar-refractivity contribution in [3.63, 3.8) is 0 Å². The van der Waals surface area contributed by atoms with Gasteiger partial charge in [-0.05, 0) is 71.2 Å². The van der Waals surface area contributed by atoms with Crippen LogP contribution in [-0.2, 0) is 12.8 Å². The molecule has 1 aliphatic carbocycles. The number of benzene rings is 2. The number of fused-ring (bicyclic) bond motifs is 1. The van der Waals surface area contributed by atoms with E-state index in [1.807, 2.05) is 12.1 Å². The Labute approximate surface area is 127 Å². The summed E-state index contributed by atoms with van der Waals surface area (Å²) in [5.74, 6) is 0. The van der Waals surface area contributed by atoms with Crippen LogP contribution in [0.3, 0.4) is 0 Å². The number of hydrogen-bond donors (Lipinski definition) is 2. The summed E-state index contributed by atoms with van der Waals surface area (Å²) in [7, 11) is 0. The van der Waals surface area contributed by atoms with E-state index in [1.54, 1.807) is 0 Å². The van der Waals surface area contributed by atoms with Crippen LogP contribution in [0.25, 0.3) is 0 Å². The third kappa shape index (κ3) is 2.86. The van der Waals surface area contributed by atoms with Crippen molar-refractivity contribution in [2.75, 3.05) is 11.1 Å². The van der Waals surface area contributed by atoms with Crippen molar-refractivity contribution in [1.82, 2.24) is 0 Å². The molecule has 0 saturated carbocycles. The number of anilines is 2. The molecule has 0 aliphatic heterocycles. The normalized spacial score (nSPS) is 17.8. The van der Waals surface area contributed by atoms with Crippen LogP contribution in [0, 0.1) is 3.57 Å². The van der Waals surface area contributed by atoms with Crippen molar-refractivity contribution in [3.05, 3.63) is 57.2 Å². The zero-order chi connectivity index (χ0) is 13.2. The number of nitrogens with one attached hydrogen (secondary N) is 1. The minimum absolute atomic E-state index is 0.520. The lowest BCUT2D eigenvalue weighted by molar-refractivity contribution is 0.610. The highest BCUT2D eigenvalue weighted by atomic mass is 127. The number of halogens is 1. The third-order valence-electron chi connectivity index (χ3n) is 3.70. The maximum atomic E-state index is 5.79. The smallest absolute Gasteiger partial charge is 0.0479 e. The standard InChI is InChI=1S/C16H17IN2/c17-15-10-13(18)6-8-16(15)19-14-7-5-11-3-1-2-4-12(11)9-14/h1-4,6,8,10,14,19H,5,7,9,18H2. The molecule has 1 aliphatic rings. The predicted molar refractivity (Wildman–Crippen MR) is 89.4 cm³/mol. The molecule has 98 valence electrons. The van der Waals surface area contributed by atoms with E-state index in [9.17, 15) is 0 Å². The number of aryl methyl sites for hydroxylation is 1. The Kier molecular flexibility index (Phi) is 3.64. The van der Waals surface area contributed by atoms with Crippen molar-refractivity contribution in [2.45, 2.75) is 25.3 Å². The lowest BCUT2D eigenvalue weighted by atomic mass is 9.88. The van der Waals surface area contributed by atoms with Gasteiger partial charge in [-0.25, -0.2) is 0 Å². The van der Waals surface area contributed by atoms with Crippen LogP contribution in [0.15, 0.2) is 42.5 Å². The highest BCUT2D eigenvalue weighted by Crippen LogP contribution is 2.26. The lowest BCUT2D eigenvalue weighted by Gasteiger charge is -2.26.